The molecule has 0 saturated carbocycles. The van der Waals surface area contributed by atoms with Crippen molar-refractivity contribution >= 4 is 5.97 Å². The van der Waals surface area contributed by atoms with Crippen LogP contribution >= 0.6 is 0 Å². The van der Waals surface area contributed by atoms with Crippen LogP contribution < -0.4 is 0 Å². The molecule has 5 heteroatoms. The van der Waals surface area contributed by atoms with E-state index in [1.807, 2.05) is 20.8 Å². The van der Waals surface area contributed by atoms with Gasteiger partial charge in [-0.3, -0.25) is 4.79 Å². The molecule has 126 valence electrons. The molecule has 0 aromatic carbocycles. The van der Waals surface area contributed by atoms with Crippen LogP contribution in [-0.2, 0) is 14.3 Å². The molecule has 0 amide bonds. The minimum absolute atomic E-state index is 0.0372. The average Bonchev–Trinajstić information content (AvgIpc) is 2.53. The van der Waals surface area contributed by atoms with Crippen LogP contribution in [0.4, 0.5) is 0 Å². The summed E-state index contributed by atoms with van der Waals surface area (Å²) in [4.78, 5) is 11.8. The van der Waals surface area contributed by atoms with Gasteiger partial charge in [-0.05, 0) is 32.6 Å². The Hall–Kier alpha value is -0.650. The summed E-state index contributed by atoms with van der Waals surface area (Å²) >= 11 is 0. The number of nitrogens with zero attached hydrogens (tertiary/aromatic N) is 2. The minimum Gasteiger partial charge on any atom is -0.466 e. The minimum atomic E-state index is -0.0417. The Labute approximate surface area is 130 Å². The zero-order chi connectivity index (χ0) is 16.1. The normalized spacial score (nSPS) is 19.0. The fourth-order valence-corrected chi connectivity index (χ4v) is 2.45. The highest BCUT2D eigenvalue weighted by molar-refractivity contribution is 5.72. The van der Waals surface area contributed by atoms with Crippen molar-refractivity contribution in [1.82, 2.24) is 10.0 Å². The van der Waals surface area contributed by atoms with E-state index in [1.165, 1.54) is 0 Å². The largest absolute Gasteiger partial charge is 0.466 e. The lowest BCUT2D eigenvalue weighted by molar-refractivity contribution is -0.153. The summed E-state index contributed by atoms with van der Waals surface area (Å²) in [6.45, 7) is 10.00. The van der Waals surface area contributed by atoms with E-state index in [-0.39, 0.29) is 11.9 Å². The molecular formula is C16H34N2O3. The van der Waals surface area contributed by atoms with Crippen molar-refractivity contribution in [2.75, 3.05) is 47.0 Å². The second-order valence-electron chi connectivity index (χ2n) is 5.08. The number of hydrogen-bond donors (Lipinski definition) is 0. The van der Waals surface area contributed by atoms with Crippen LogP contribution in [0.2, 0.25) is 0 Å². The molecule has 0 spiro atoms. The van der Waals surface area contributed by atoms with Crippen molar-refractivity contribution in [3.05, 3.63) is 0 Å². The molecule has 5 nitrogen and oxygen atoms in total. The summed E-state index contributed by atoms with van der Waals surface area (Å²) in [6, 6.07) is 0. The molecule has 0 bridgehead atoms. The predicted octanol–water partition coefficient (Wildman–Crippen LogP) is 2.56. The first kappa shape index (κ1) is 20.3. The predicted molar refractivity (Wildman–Crippen MR) is 86.0 cm³/mol. The van der Waals surface area contributed by atoms with E-state index in [2.05, 4.69) is 17.1 Å². The van der Waals surface area contributed by atoms with Gasteiger partial charge in [-0.2, -0.15) is 0 Å². The van der Waals surface area contributed by atoms with E-state index in [0.29, 0.717) is 6.61 Å². The third-order valence-electron chi connectivity index (χ3n) is 3.58. The van der Waals surface area contributed by atoms with Gasteiger partial charge in [0.2, 0.25) is 0 Å². The molecule has 1 heterocycles. The van der Waals surface area contributed by atoms with Gasteiger partial charge < -0.3 is 9.47 Å². The van der Waals surface area contributed by atoms with Crippen LogP contribution in [-0.4, -0.2) is 63.0 Å². The number of piperidine rings is 1. The number of esters is 1. The molecule has 0 aliphatic carbocycles. The molecule has 0 radical (unpaired) electrons. The Bertz CT molecular complexity index is 262. The van der Waals surface area contributed by atoms with Gasteiger partial charge in [-0.25, -0.2) is 10.0 Å². The number of hydrogen-bond acceptors (Lipinski definition) is 5. The second kappa shape index (κ2) is 13.0. The molecule has 1 atom stereocenters. The Morgan fingerprint density at radius 3 is 2.67 bits per heavy atom. The summed E-state index contributed by atoms with van der Waals surface area (Å²) < 4.78 is 10.2. The van der Waals surface area contributed by atoms with E-state index in [0.717, 1.165) is 51.9 Å². The van der Waals surface area contributed by atoms with Gasteiger partial charge in [0.1, 0.15) is 0 Å². The van der Waals surface area contributed by atoms with Gasteiger partial charge in [0.15, 0.2) is 0 Å². The Balaban J connectivity index is 0.00000191. The Morgan fingerprint density at radius 2 is 2.05 bits per heavy atom. The van der Waals surface area contributed by atoms with Gasteiger partial charge in [-0.1, -0.05) is 13.8 Å². The lowest BCUT2D eigenvalue weighted by Crippen LogP contribution is -2.48. The van der Waals surface area contributed by atoms with Crippen molar-refractivity contribution in [1.29, 1.82) is 0 Å². The molecule has 1 rings (SSSR count). The molecule has 0 aromatic heterocycles. The monoisotopic (exact) mass is 302 g/mol. The lowest BCUT2D eigenvalue weighted by Gasteiger charge is -2.37. The third-order valence-corrected chi connectivity index (χ3v) is 3.58. The lowest BCUT2D eigenvalue weighted by atomic mass is 9.99. The summed E-state index contributed by atoms with van der Waals surface area (Å²) in [5.74, 6) is -0.00453. The van der Waals surface area contributed by atoms with Gasteiger partial charge in [-0.15, -0.1) is 0 Å². The van der Waals surface area contributed by atoms with E-state index < -0.39 is 0 Å². The highest BCUT2D eigenvalue weighted by Crippen LogP contribution is 2.19. The van der Waals surface area contributed by atoms with Crippen molar-refractivity contribution in [2.45, 2.75) is 46.5 Å². The van der Waals surface area contributed by atoms with Gasteiger partial charge >= 0.3 is 5.97 Å². The molecule has 0 N–H and O–H groups in total. The summed E-state index contributed by atoms with van der Waals surface area (Å²) in [5, 5.41) is 4.51. The SMILES string of the molecule is CC.CCOC(=O)C1CCCN(N(C)CCCCOC)C1. The van der Waals surface area contributed by atoms with Crippen molar-refractivity contribution in [3.8, 4) is 0 Å². The van der Waals surface area contributed by atoms with Crippen molar-refractivity contribution in [3.63, 3.8) is 0 Å². The number of carbonyl (C=O) groups is 1. The highest BCUT2D eigenvalue weighted by Gasteiger charge is 2.28. The molecule has 1 aliphatic heterocycles. The third kappa shape index (κ3) is 8.39. The molecule has 1 fully saturated rings. The van der Waals surface area contributed by atoms with E-state index >= 15 is 0 Å². The zero-order valence-corrected chi connectivity index (χ0v) is 14.6. The number of rotatable bonds is 8. The summed E-state index contributed by atoms with van der Waals surface area (Å²) in [6.07, 6.45) is 4.21. The van der Waals surface area contributed by atoms with Gasteiger partial charge in [0.05, 0.1) is 12.5 Å². The van der Waals surface area contributed by atoms with Gasteiger partial charge in [0.25, 0.3) is 0 Å². The van der Waals surface area contributed by atoms with Crippen molar-refractivity contribution in [2.24, 2.45) is 5.92 Å². The highest BCUT2D eigenvalue weighted by atomic mass is 16.5. The van der Waals surface area contributed by atoms with Crippen LogP contribution in [0.5, 0.6) is 0 Å². The first-order valence-electron chi connectivity index (χ1n) is 8.30. The smallest absolute Gasteiger partial charge is 0.310 e. The van der Waals surface area contributed by atoms with Gasteiger partial charge in [0, 0.05) is 40.4 Å². The van der Waals surface area contributed by atoms with Crippen LogP contribution in [0.3, 0.4) is 0 Å². The van der Waals surface area contributed by atoms with Crippen LogP contribution in [0.1, 0.15) is 46.5 Å². The first-order valence-corrected chi connectivity index (χ1v) is 8.30. The standard InChI is InChI=1S/C14H28N2O3.C2H6/c1-4-19-14(17)13-8-7-10-16(12-13)15(2)9-5-6-11-18-3;1-2/h13H,4-12H2,1-3H3;1-2H3. The maximum Gasteiger partial charge on any atom is 0.310 e. The summed E-state index contributed by atoms with van der Waals surface area (Å²) in [7, 11) is 3.83. The van der Waals surface area contributed by atoms with Crippen LogP contribution in [0.25, 0.3) is 0 Å². The molecule has 1 aliphatic rings. The Kier molecular flexibility index (Phi) is 12.6. The number of carbonyl (C=O) groups excluding carboxylic acids is 1. The molecule has 21 heavy (non-hydrogen) atoms. The maximum atomic E-state index is 11.8. The van der Waals surface area contributed by atoms with Crippen LogP contribution in [0, 0.1) is 5.92 Å². The van der Waals surface area contributed by atoms with E-state index in [4.69, 9.17) is 9.47 Å². The zero-order valence-electron chi connectivity index (χ0n) is 14.6. The van der Waals surface area contributed by atoms with E-state index in [1.54, 1.807) is 7.11 Å². The van der Waals surface area contributed by atoms with Crippen LogP contribution in [0.15, 0.2) is 0 Å². The van der Waals surface area contributed by atoms with E-state index in [9.17, 15) is 4.79 Å². The quantitative estimate of drug-likeness (QED) is 0.509. The molecule has 0 aromatic rings. The topological polar surface area (TPSA) is 42.0 Å². The second-order valence-corrected chi connectivity index (χ2v) is 5.08. The maximum absolute atomic E-state index is 11.8. The number of ether oxygens (including phenoxy) is 2. The molecule has 1 unspecified atom stereocenters. The molecular weight excluding hydrogens is 268 g/mol. The fourth-order valence-electron chi connectivity index (χ4n) is 2.45. The first-order chi connectivity index (χ1) is 10.2. The fraction of sp³-hybridized carbons (Fsp3) is 0.938. The number of methoxy groups -OCH3 is 1. The summed E-state index contributed by atoms with van der Waals surface area (Å²) in [5.41, 5.74) is 0. The number of unbranched alkanes of at least 4 members (excludes halogenated alkanes) is 1. The average molecular weight is 302 g/mol. The molecule has 1 saturated heterocycles. The Morgan fingerprint density at radius 1 is 1.33 bits per heavy atom. The van der Waals surface area contributed by atoms with Crippen molar-refractivity contribution < 1.29 is 14.3 Å². The number of hydrazine groups is 1.